The monoisotopic (exact) mass is 270 g/mol. The maximum Gasteiger partial charge on any atom is 0.156 e. The molecule has 0 saturated heterocycles. The van der Waals surface area contributed by atoms with E-state index in [1.165, 1.54) is 0 Å². The van der Waals surface area contributed by atoms with Gasteiger partial charge in [0.25, 0.3) is 0 Å². The number of terminal acetylenes is 1. The van der Waals surface area contributed by atoms with Crippen molar-refractivity contribution in [3.05, 3.63) is 91.0 Å². The second-order valence-corrected chi connectivity index (χ2v) is 4.81. The zero-order valence-electron chi connectivity index (χ0n) is 11.7. The van der Waals surface area contributed by atoms with E-state index in [1.807, 2.05) is 54.6 Å². The lowest BCUT2D eigenvalue weighted by molar-refractivity contribution is 0.724. The van der Waals surface area contributed by atoms with E-state index >= 15 is 0 Å². The number of nitrogens with zero attached hydrogens (tertiary/aromatic N) is 1. The highest BCUT2D eigenvalue weighted by atomic mass is 15.4. The van der Waals surface area contributed by atoms with Crippen molar-refractivity contribution in [2.24, 2.45) is 0 Å². The van der Waals surface area contributed by atoms with Crippen molar-refractivity contribution < 1.29 is 0 Å². The van der Waals surface area contributed by atoms with Crippen LogP contribution in [0.4, 0.5) is 17.1 Å². The normalized spacial score (nSPS) is 10.8. The van der Waals surface area contributed by atoms with Crippen molar-refractivity contribution in [3.63, 3.8) is 0 Å². The van der Waals surface area contributed by atoms with E-state index in [0.717, 1.165) is 17.1 Å². The molecule has 0 saturated carbocycles. The minimum absolute atomic E-state index is 0.266. The Labute approximate surface area is 125 Å². The van der Waals surface area contributed by atoms with E-state index in [-0.39, 0.29) is 4.48 Å². The van der Waals surface area contributed by atoms with Crippen LogP contribution in [0.3, 0.4) is 0 Å². The molecule has 0 amide bonds. The zero-order chi connectivity index (χ0) is 14.5. The third kappa shape index (κ3) is 2.23. The van der Waals surface area contributed by atoms with Gasteiger partial charge >= 0.3 is 0 Å². The van der Waals surface area contributed by atoms with E-state index in [0.29, 0.717) is 0 Å². The average molecular weight is 270 g/mol. The average Bonchev–Trinajstić information content (AvgIpc) is 2.59. The van der Waals surface area contributed by atoms with Gasteiger partial charge in [-0.1, -0.05) is 61.0 Å². The highest BCUT2D eigenvalue weighted by Crippen LogP contribution is 2.42. The summed E-state index contributed by atoms with van der Waals surface area (Å²) in [4.78, 5) is 0. The Morgan fingerprint density at radius 2 is 0.810 bits per heavy atom. The molecule has 0 fully saturated rings. The van der Waals surface area contributed by atoms with Gasteiger partial charge in [-0.05, 0) is 0 Å². The van der Waals surface area contributed by atoms with Gasteiger partial charge in [0, 0.05) is 36.4 Å². The molecule has 3 rings (SSSR count). The summed E-state index contributed by atoms with van der Waals surface area (Å²) in [6.45, 7) is 0. The first-order valence-electron chi connectivity index (χ1n) is 6.92. The molecule has 21 heavy (non-hydrogen) atoms. The second-order valence-electron chi connectivity index (χ2n) is 4.81. The summed E-state index contributed by atoms with van der Waals surface area (Å²) in [5, 5.41) is 0. The lowest BCUT2D eigenvalue weighted by Crippen LogP contribution is -2.32. The van der Waals surface area contributed by atoms with Gasteiger partial charge in [0.15, 0.2) is 23.1 Å². The van der Waals surface area contributed by atoms with Crippen LogP contribution in [0.1, 0.15) is 0 Å². The molecule has 0 aliphatic heterocycles. The number of hydrogen-bond donors (Lipinski definition) is 0. The van der Waals surface area contributed by atoms with Crippen LogP contribution in [0.5, 0.6) is 0 Å². The van der Waals surface area contributed by atoms with Crippen molar-refractivity contribution in [2.75, 3.05) is 0 Å². The highest BCUT2D eigenvalue weighted by Gasteiger charge is 2.34. The Hall–Kier alpha value is -2.82. The summed E-state index contributed by atoms with van der Waals surface area (Å²) >= 11 is 0. The highest BCUT2D eigenvalue weighted by molar-refractivity contribution is 5.74. The Balaban J connectivity index is 2.32. The Morgan fingerprint density at radius 3 is 1.05 bits per heavy atom. The first-order valence-corrected chi connectivity index (χ1v) is 6.92. The Bertz CT molecular complexity index is 643. The molecule has 0 spiro atoms. The van der Waals surface area contributed by atoms with Gasteiger partial charge < -0.3 is 0 Å². The van der Waals surface area contributed by atoms with Gasteiger partial charge in [0.05, 0.1) is 0 Å². The molecule has 0 N–H and O–H groups in total. The fourth-order valence-corrected chi connectivity index (χ4v) is 2.63. The van der Waals surface area contributed by atoms with Crippen molar-refractivity contribution >= 4 is 17.1 Å². The van der Waals surface area contributed by atoms with Crippen LogP contribution >= 0.6 is 0 Å². The van der Waals surface area contributed by atoms with E-state index in [2.05, 4.69) is 42.4 Å². The molecule has 3 aromatic carbocycles. The van der Waals surface area contributed by atoms with Gasteiger partial charge in [0.1, 0.15) is 0 Å². The molecule has 0 aliphatic carbocycles. The quantitative estimate of drug-likeness (QED) is 0.450. The SMILES string of the molecule is C#C[N+](c1ccccc1)(c1ccccc1)c1ccccc1. The summed E-state index contributed by atoms with van der Waals surface area (Å²) in [5.41, 5.74) is 3.16. The topological polar surface area (TPSA) is 0 Å². The third-order valence-electron chi connectivity index (χ3n) is 3.62. The van der Waals surface area contributed by atoms with Crippen LogP contribution in [0.25, 0.3) is 0 Å². The summed E-state index contributed by atoms with van der Waals surface area (Å²) in [7, 11) is 0. The fourth-order valence-electron chi connectivity index (χ4n) is 2.63. The van der Waals surface area contributed by atoms with E-state index in [9.17, 15) is 0 Å². The third-order valence-corrected chi connectivity index (χ3v) is 3.62. The molecule has 0 heterocycles. The Kier molecular flexibility index (Phi) is 3.55. The summed E-state index contributed by atoms with van der Waals surface area (Å²) in [6, 6.07) is 33.5. The predicted octanol–water partition coefficient (Wildman–Crippen LogP) is 5.25. The number of para-hydroxylation sites is 3. The molecule has 1 nitrogen and oxygen atoms in total. The predicted molar refractivity (Wildman–Crippen MR) is 89.3 cm³/mol. The lowest BCUT2D eigenvalue weighted by Gasteiger charge is -2.30. The largest absolute Gasteiger partial charge is 0.156 e. The van der Waals surface area contributed by atoms with Gasteiger partial charge in [-0.15, -0.1) is 0 Å². The standard InChI is InChI=1S/C20H16N/c1-2-21(18-12-6-3-7-13-18,19-14-8-4-9-15-19)20-16-10-5-11-17-20/h1,3-17H/q+1. The van der Waals surface area contributed by atoms with Crippen LogP contribution in [0, 0.1) is 12.5 Å². The van der Waals surface area contributed by atoms with Crippen molar-refractivity contribution in [2.45, 2.75) is 0 Å². The van der Waals surface area contributed by atoms with Crippen molar-refractivity contribution in [1.82, 2.24) is 4.48 Å². The summed E-state index contributed by atoms with van der Waals surface area (Å²) in [5.74, 6) is 0. The van der Waals surface area contributed by atoms with Gasteiger partial charge in [-0.3, -0.25) is 0 Å². The van der Waals surface area contributed by atoms with Crippen molar-refractivity contribution in [3.8, 4) is 12.5 Å². The number of hydrogen-bond acceptors (Lipinski definition) is 0. The molecular formula is C20H16N+. The minimum atomic E-state index is 0.266. The molecule has 0 aliphatic rings. The van der Waals surface area contributed by atoms with Crippen LogP contribution in [-0.2, 0) is 0 Å². The molecule has 0 unspecified atom stereocenters. The smallest absolute Gasteiger partial charge is 0.150 e. The molecule has 0 atom stereocenters. The number of benzene rings is 3. The number of quaternary nitrogens is 1. The number of rotatable bonds is 3. The van der Waals surface area contributed by atoms with E-state index < -0.39 is 0 Å². The minimum Gasteiger partial charge on any atom is -0.150 e. The lowest BCUT2D eigenvalue weighted by atomic mass is 10.1. The zero-order valence-corrected chi connectivity index (χ0v) is 11.7. The molecule has 0 radical (unpaired) electrons. The molecule has 3 aromatic rings. The van der Waals surface area contributed by atoms with Crippen LogP contribution in [-0.4, -0.2) is 0 Å². The molecule has 100 valence electrons. The first kappa shape index (κ1) is 13.2. The maximum absolute atomic E-state index is 6.03. The fraction of sp³-hybridized carbons (Fsp3) is 0. The second kappa shape index (κ2) is 5.66. The van der Waals surface area contributed by atoms with Crippen LogP contribution in [0.2, 0.25) is 0 Å². The maximum atomic E-state index is 6.03. The molecule has 0 bridgehead atoms. The van der Waals surface area contributed by atoms with Crippen LogP contribution < -0.4 is 4.48 Å². The van der Waals surface area contributed by atoms with Crippen LogP contribution in [0.15, 0.2) is 91.0 Å². The van der Waals surface area contributed by atoms with E-state index in [1.54, 1.807) is 0 Å². The first-order chi connectivity index (χ1) is 10.4. The molecular weight excluding hydrogens is 254 g/mol. The molecule has 0 aromatic heterocycles. The van der Waals surface area contributed by atoms with Gasteiger partial charge in [0.2, 0.25) is 0 Å². The Morgan fingerprint density at radius 1 is 0.524 bits per heavy atom. The van der Waals surface area contributed by atoms with E-state index in [4.69, 9.17) is 6.42 Å². The van der Waals surface area contributed by atoms with Gasteiger partial charge in [-0.2, -0.15) is 4.48 Å². The summed E-state index contributed by atoms with van der Waals surface area (Å²) < 4.78 is 0.266. The molecule has 1 heteroatoms. The van der Waals surface area contributed by atoms with Crippen molar-refractivity contribution in [1.29, 1.82) is 0 Å². The summed E-state index contributed by atoms with van der Waals surface area (Å²) in [6.07, 6.45) is 6.03. The van der Waals surface area contributed by atoms with Gasteiger partial charge in [-0.25, -0.2) is 0 Å².